The van der Waals surface area contributed by atoms with E-state index in [1.165, 1.54) is 24.9 Å². The van der Waals surface area contributed by atoms with Crippen molar-refractivity contribution in [2.24, 2.45) is 0 Å². The molecule has 5 rings (SSSR count). The fourth-order valence-electron chi connectivity index (χ4n) is 4.95. The number of aromatic amines is 1. The molecular weight excluding hydrogens is 412 g/mol. The molecule has 174 valence electrons. The number of hydrogen-bond donors (Lipinski definition) is 2. The van der Waals surface area contributed by atoms with Gasteiger partial charge in [-0.05, 0) is 69.0 Å². The number of hydrogen-bond acceptors (Lipinski definition) is 5. The van der Waals surface area contributed by atoms with E-state index in [0.29, 0.717) is 0 Å². The number of para-hydroxylation sites is 2. The van der Waals surface area contributed by atoms with Gasteiger partial charge in [-0.15, -0.1) is 0 Å². The number of imidazole rings is 1. The third kappa shape index (κ3) is 4.98. The lowest BCUT2D eigenvalue weighted by Crippen LogP contribution is -2.44. The maximum atomic E-state index is 13.0. The van der Waals surface area contributed by atoms with Gasteiger partial charge in [-0.2, -0.15) is 0 Å². The third-order valence-corrected chi connectivity index (χ3v) is 6.99. The Labute approximate surface area is 195 Å². The third-order valence-electron chi connectivity index (χ3n) is 6.99. The molecule has 2 aliphatic rings. The van der Waals surface area contributed by atoms with Gasteiger partial charge in [0.1, 0.15) is 0 Å². The molecular formula is C26H34N6O. The van der Waals surface area contributed by atoms with E-state index in [-0.39, 0.29) is 11.9 Å². The molecule has 0 spiro atoms. The summed E-state index contributed by atoms with van der Waals surface area (Å²) in [7, 11) is 0. The summed E-state index contributed by atoms with van der Waals surface area (Å²) in [6, 6.07) is 16.3. The Hall–Kier alpha value is -3.06. The van der Waals surface area contributed by atoms with Crippen molar-refractivity contribution >= 4 is 34.3 Å². The van der Waals surface area contributed by atoms with Crippen LogP contribution in [0, 0.1) is 0 Å². The second-order valence-electron chi connectivity index (χ2n) is 9.21. The van der Waals surface area contributed by atoms with Gasteiger partial charge in [0.2, 0.25) is 11.9 Å². The summed E-state index contributed by atoms with van der Waals surface area (Å²) in [5.41, 5.74) is 4.17. The van der Waals surface area contributed by atoms with Crippen LogP contribution in [0.5, 0.6) is 0 Å². The number of rotatable bonds is 5. The summed E-state index contributed by atoms with van der Waals surface area (Å²) in [6.07, 6.45) is 4.85. The number of nitrogens with one attached hydrogen (secondary N) is 2. The second-order valence-corrected chi connectivity index (χ2v) is 9.21. The number of nitrogens with zero attached hydrogens (tertiary/aromatic N) is 4. The lowest BCUT2D eigenvalue weighted by Gasteiger charge is -2.29. The zero-order valence-electron chi connectivity index (χ0n) is 19.5. The van der Waals surface area contributed by atoms with Crippen LogP contribution in [0.3, 0.4) is 0 Å². The van der Waals surface area contributed by atoms with E-state index in [1.54, 1.807) is 0 Å². The largest absolute Gasteiger partial charge is 0.372 e. The number of aromatic nitrogens is 2. The van der Waals surface area contributed by atoms with Gasteiger partial charge in [0, 0.05) is 50.6 Å². The van der Waals surface area contributed by atoms with Crippen molar-refractivity contribution in [3.63, 3.8) is 0 Å². The van der Waals surface area contributed by atoms with E-state index >= 15 is 0 Å². The predicted molar refractivity (Wildman–Crippen MR) is 135 cm³/mol. The summed E-state index contributed by atoms with van der Waals surface area (Å²) in [5, 5.41) is 3.12. The Balaban J connectivity index is 1.17. The molecule has 3 heterocycles. The molecule has 0 aliphatic carbocycles. The summed E-state index contributed by atoms with van der Waals surface area (Å²) >= 11 is 0. The van der Waals surface area contributed by atoms with E-state index in [9.17, 15) is 4.79 Å². The standard InChI is InChI=1S/C26H34N6O/c1-20(25(33)27-21-10-12-22(13-11-21)31-14-5-2-6-15-31)30-16-7-17-32(19-18-30)26-28-23-8-3-4-9-24(23)29-26/h3-4,8-13,20H,2,5-7,14-19H2,1H3,(H,27,33)(H,28,29). The monoisotopic (exact) mass is 446 g/mol. The number of amides is 1. The van der Waals surface area contributed by atoms with Gasteiger partial charge in [-0.25, -0.2) is 4.98 Å². The molecule has 2 aromatic carbocycles. The zero-order valence-corrected chi connectivity index (χ0v) is 19.5. The minimum Gasteiger partial charge on any atom is -0.372 e. The zero-order chi connectivity index (χ0) is 22.6. The summed E-state index contributed by atoms with van der Waals surface area (Å²) in [5.74, 6) is 0.974. The quantitative estimate of drug-likeness (QED) is 0.618. The van der Waals surface area contributed by atoms with E-state index in [1.807, 2.05) is 37.3 Å². The summed E-state index contributed by atoms with van der Waals surface area (Å²) in [4.78, 5) is 28.2. The van der Waals surface area contributed by atoms with Crippen LogP contribution in [-0.4, -0.2) is 66.1 Å². The molecule has 2 fully saturated rings. The fraction of sp³-hybridized carbons (Fsp3) is 0.462. The maximum Gasteiger partial charge on any atom is 0.241 e. The van der Waals surface area contributed by atoms with E-state index < -0.39 is 0 Å². The van der Waals surface area contributed by atoms with Gasteiger partial charge in [-0.3, -0.25) is 9.69 Å². The van der Waals surface area contributed by atoms with Crippen LogP contribution in [0.2, 0.25) is 0 Å². The number of H-pyrrole nitrogens is 1. The van der Waals surface area contributed by atoms with Gasteiger partial charge in [0.25, 0.3) is 0 Å². The van der Waals surface area contributed by atoms with Crippen LogP contribution in [0.25, 0.3) is 11.0 Å². The topological polar surface area (TPSA) is 67.5 Å². The van der Waals surface area contributed by atoms with Crippen molar-refractivity contribution in [2.75, 3.05) is 54.4 Å². The predicted octanol–water partition coefficient (Wildman–Crippen LogP) is 4.09. The Morgan fingerprint density at radius 3 is 2.42 bits per heavy atom. The first-order valence-corrected chi connectivity index (χ1v) is 12.3. The van der Waals surface area contributed by atoms with Gasteiger partial charge in [-0.1, -0.05) is 12.1 Å². The molecule has 1 unspecified atom stereocenters. The van der Waals surface area contributed by atoms with E-state index in [0.717, 1.165) is 68.4 Å². The van der Waals surface area contributed by atoms with Crippen LogP contribution >= 0.6 is 0 Å². The average Bonchev–Trinajstić information content (AvgIpc) is 3.14. The van der Waals surface area contributed by atoms with Crippen LogP contribution in [0.1, 0.15) is 32.6 Å². The highest BCUT2D eigenvalue weighted by atomic mass is 16.2. The van der Waals surface area contributed by atoms with Crippen molar-refractivity contribution in [1.82, 2.24) is 14.9 Å². The number of benzene rings is 2. The minimum atomic E-state index is -0.178. The number of anilines is 3. The SMILES string of the molecule is CC(C(=O)Nc1ccc(N2CCCCC2)cc1)N1CCCN(c2nc3ccccc3[nH]2)CC1. The molecule has 2 saturated heterocycles. The highest BCUT2D eigenvalue weighted by Gasteiger charge is 2.25. The number of piperidine rings is 1. The number of carbonyl (C=O) groups is 1. The Bertz CT molecular complexity index is 1040. The van der Waals surface area contributed by atoms with Crippen LogP contribution < -0.4 is 15.1 Å². The molecule has 2 aliphatic heterocycles. The first-order chi connectivity index (χ1) is 16.2. The van der Waals surface area contributed by atoms with E-state index in [2.05, 4.69) is 43.2 Å². The second kappa shape index (κ2) is 9.83. The molecule has 0 bridgehead atoms. The van der Waals surface area contributed by atoms with Crippen molar-refractivity contribution < 1.29 is 4.79 Å². The highest BCUT2D eigenvalue weighted by Crippen LogP contribution is 2.23. The molecule has 7 heteroatoms. The molecule has 3 aromatic rings. The van der Waals surface area contributed by atoms with Gasteiger partial charge in [0.05, 0.1) is 17.1 Å². The van der Waals surface area contributed by atoms with Crippen LogP contribution in [-0.2, 0) is 4.79 Å². The highest BCUT2D eigenvalue weighted by molar-refractivity contribution is 5.94. The molecule has 0 radical (unpaired) electrons. The summed E-state index contributed by atoms with van der Waals surface area (Å²) in [6.45, 7) is 7.78. The van der Waals surface area contributed by atoms with Crippen molar-refractivity contribution in [3.8, 4) is 0 Å². The van der Waals surface area contributed by atoms with Gasteiger partial charge >= 0.3 is 0 Å². The first kappa shape index (κ1) is 21.8. The Kier molecular flexibility index (Phi) is 6.48. The Morgan fingerprint density at radius 1 is 0.879 bits per heavy atom. The smallest absolute Gasteiger partial charge is 0.241 e. The molecule has 2 N–H and O–H groups in total. The average molecular weight is 447 g/mol. The number of fused-ring (bicyclic) bond motifs is 1. The first-order valence-electron chi connectivity index (χ1n) is 12.3. The van der Waals surface area contributed by atoms with Crippen LogP contribution in [0.15, 0.2) is 48.5 Å². The molecule has 1 amide bonds. The van der Waals surface area contributed by atoms with E-state index in [4.69, 9.17) is 4.98 Å². The molecule has 7 nitrogen and oxygen atoms in total. The minimum absolute atomic E-state index is 0.0536. The number of carbonyl (C=O) groups excluding carboxylic acids is 1. The van der Waals surface area contributed by atoms with Gasteiger partial charge < -0.3 is 20.1 Å². The fourth-order valence-corrected chi connectivity index (χ4v) is 4.95. The van der Waals surface area contributed by atoms with Gasteiger partial charge in [0.15, 0.2) is 0 Å². The van der Waals surface area contributed by atoms with Crippen molar-refractivity contribution in [3.05, 3.63) is 48.5 Å². The molecule has 1 aromatic heterocycles. The lowest BCUT2D eigenvalue weighted by atomic mass is 10.1. The maximum absolute atomic E-state index is 13.0. The molecule has 33 heavy (non-hydrogen) atoms. The summed E-state index contributed by atoms with van der Waals surface area (Å²) < 4.78 is 0. The van der Waals surface area contributed by atoms with Crippen molar-refractivity contribution in [2.45, 2.75) is 38.6 Å². The molecule has 0 saturated carbocycles. The van der Waals surface area contributed by atoms with Crippen molar-refractivity contribution in [1.29, 1.82) is 0 Å². The Morgan fingerprint density at radius 2 is 1.64 bits per heavy atom. The lowest BCUT2D eigenvalue weighted by molar-refractivity contribution is -0.120. The molecule has 1 atom stereocenters. The normalized spacial score (nSPS) is 18.8. The van der Waals surface area contributed by atoms with Crippen LogP contribution in [0.4, 0.5) is 17.3 Å².